The van der Waals surface area contributed by atoms with Crippen molar-refractivity contribution in [2.45, 2.75) is 17.9 Å². The number of hydrogen-bond donors (Lipinski definition) is 0. The molecular formula is C15H18N4O3S. The molecule has 0 spiro atoms. The summed E-state index contributed by atoms with van der Waals surface area (Å²) in [6, 6.07) is 5.24. The Hall–Kier alpha value is -2.06. The second-order valence-electron chi connectivity index (χ2n) is 5.63. The lowest BCUT2D eigenvalue weighted by Gasteiger charge is -2.29. The third kappa shape index (κ3) is 3.18. The van der Waals surface area contributed by atoms with Gasteiger partial charge in [-0.3, -0.25) is 9.78 Å². The summed E-state index contributed by atoms with van der Waals surface area (Å²) in [6.45, 7) is 0.643. The molecule has 23 heavy (non-hydrogen) atoms. The molecule has 1 aliphatic heterocycles. The highest BCUT2D eigenvalue weighted by atomic mass is 32.2. The lowest BCUT2D eigenvalue weighted by atomic mass is 9.92. The Bertz CT molecular complexity index is 793. The van der Waals surface area contributed by atoms with Gasteiger partial charge in [0.15, 0.2) is 10.8 Å². The van der Waals surface area contributed by atoms with E-state index < -0.39 is 10.0 Å². The van der Waals surface area contributed by atoms with Gasteiger partial charge in [-0.25, -0.2) is 13.4 Å². The largest absolute Gasteiger partial charge is 0.339 e. The van der Waals surface area contributed by atoms with Crippen LogP contribution in [0.2, 0.25) is 0 Å². The Balaban J connectivity index is 1.68. The number of hydrogen-bond acceptors (Lipinski definition) is 5. The van der Waals surface area contributed by atoms with E-state index >= 15 is 0 Å². The van der Waals surface area contributed by atoms with E-state index in [0.29, 0.717) is 31.6 Å². The van der Waals surface area contributed by atoms with E-state index in [0.717, 1.165) is 0 Å². The van der Waals surface area contributed by atoms with Gasteiger partial charge in [0.25, 0.3) is 10.0 Å². The highest BCUT2D eigenvalue weighted by molar-refractivity contribution is 7.89. The molecule has 122 valence electrons. The van der Waals surface area contributed by atoms with E-state index in [1.165, 1.54) is 16.8 Å². The van der Waals surface area contributed by atoms with Crippen LogP contribution in [0.15, 0.2) is 41.9 Å². The average molecular weight is 334 g/mol. The number of pyridine rings is 1. The molecule has 0 N–H and O–H groups in total. The number of carbonyl (C=O) groups is 1. The molecule has 3 rings (SSSR count). The molecule has 0 amide bonds. The predicted molar refractivity (Wildman–Crippen MR) is 83.3 cm³/mol. The van der Waals surface area contributed by atoms with Gasteiger partial charge in [-0.2, -0.15) is 4.31 Å². The zero-order chi connectivity index (χ0) is 16.4. The summed E-state index contributed by atoms with van der Waals surface area (Å²) < 4.78 is 28.0. The number of imidazole rings is 1. The van der Waals surface area contributed by atoms with Crippen molar-refractivity contribution >= 4 is 15.8 Å². The quantitative estimate of drug-likeness (QED) is 0.782. The second-order valence-corrected chi connectivity index (χ2v) is 7.52. The van der Waals surface area contributed by atoms with Gasteiger partial charge in [-0.1, -0.05) is 6.07 Å². The van der Waals surface area contributed by atoms with Crippen molar-refractivity contribution in [1.29, 1.82) is 0 Å². The molecule has 0 atom stereocenters. The summed E-state index contributed by atoms with van der Waals surface area (Å²) in [7, 11) is -1.85. The Labute approximate surface area is 135 Å². The lowest BCUT2D eigenvalue weighted by molar-refractivity contribution is 0.0870. The normalized spacial score (nSPS) is 17.3. The smallest absolute Gasteiger partial charge is 0.262 e. The summed E-state index contributed by atoms with van der Waals surface area (Å²) in [4.78, 5) is 20.4. The van der Waals surface area contributed by atoms with Gasteiger partial charge in [-0.05, 0) is 25.0 Å². The molecule has 7 nitrogen and oxygen atoms in total. The number of Topliss-reactive ketones (excluding diaryl/α,β-unsaturated/α-hetero) is 1. The zero-order valence-corrected chi connectivity index (χ0v) is 13.6. The van der Waals surface area contributed by atoms with E-state index in [-0.39, 0.29) is 16.7 Å². The van der Waals surface area contributed by atoms with Crippen LogP contribution in [0.3, 0.4) is 0 Å². The Morgan fingerprint density at radius 1 is 1.22 bits per heavy atom. The lowest BCUT2D eigenvalue weighted by Crippen LogP contribution is -2.40. The van der Waals surface area contributed by atoms with Crippen LogP contribution in [0.25, 0.3) is 0 Å². The number of piperidine rings is 1. The molecule has 0 aromatic carbocycles. The monoisotopic (exact) mass is 334 g/mol. The molecule has 3 heterocycles. The van der Waals surface area contributed by atoms with Crippen molar-refractivity contribution in [2.75, 3.05) is 13.1 Å². The number of rotatable bonds is 4. The Morgan fingerprint density at radius 2 is 1.96 bits per heavy atom. The highest BCUT2D eigenvalue weighted by Gasteiger charge is 2.33. The van der Waals surface area contributed by atoms with Crippen molar-refractivity contribution in [2.24, 2.45) is 13.0 Å². The van der Waals surface area contributed by atoms with Crippen molar-refractivity contribution in [1.82, 2.24) is 18.8 Å². The average Bonchev–Trinajstić information content (AvgIpc) is 3.02. The predicted octanol–water partition coefficient (Wildman–Crippen LogP) is 1.10. The molecule has 0 saturated carbocycles. The molecule has 1 aliphatic rings. The minimum atomic E-state index is -3.58. The molecule has 0 unspecified atom stereocenters. The first-order chi connectivity index (χ1) is 11.0. The molecule has 2 aromatic heterocycles. The SMILES string of the molecule is Cn1cnc(S(=O)(=O)N2CCC(C(=O)c3ccccn3)CC2)c1. The Kier molecular flexibility index (Phi) is 4.27. The van der Waals surface area contributed by atoms with Crippen LogP contribution in [0.1, 0.15) is 23.3 Å². The summed E-state index contributed by atoms with van der Waals surface area (Å²) in [5.41, 5.74) is 0.443. The minimum Gasteiger partial charge on any atom is -0.339 e. The van der Waals surface area contributed by atoms with E-state index in [4.69, 9.17) is 0 Å². The fraction of sp³-hybridized carbons (Fsp3) is 0.400. The number of sulfonamides is 1. The van der Waals surface area contributed by atoms with Crippen LogP contribution in [0.4, 0.5) is 0 Å². The second kappa shape index (κ2) is 6.21. The number of carbonyl (C=O) groups excluding carboxylic acids is 1. The fourth-order valence-corrected chi connectivity index (χ4v) is 4.17. The molecule has 8 heteroatoms. The molecule has 0 bridgehead atoms. The van der Waals surface area contributed by atoms with Crippen LogP contribution in [-0.4, -0.2) is 46.1 Å². The highest BCUT2D eigenvalue weighted by Crippen LogP contribution is 2.25. The topological polar surface area (TPSA) is 85.2 Å². The maximum absolute atomic E-state index is 12.5. The van der Waals surface area contributed by atoms with Gasteiger partial charge < -0.3 is 4.57 Å². The van der Waals surface area contributed by atoms with E-state index in [2.05, 4.69) is 9.97 Å². The third-order valence-corrected chi connectivity index (χ3v) is 5.81. The van der Waals surface area contributed by atoms with E-state index in [1.54, 1.807) is 36.0 Å². The first kappa shape index (κ1) is 15.8. The van der Waals surface area contributed by atoms with Gasteiger partial charge in [0, 0.05) is 38.4 Å². The summed E-state index contributed by atoms with van der Waals surface area (Å²) in [5, 5.41) is 0.0505. The van der Waals surface area contributed by atoms with Crippen LogP contribution < -0.4 is 0 Å². The van der Waals surface area contributed by atoms with Crippen molar-refractivity contribution < 1.29 is 13.2 Å². The van der Waals surface area contributed by atoms with Crippen LogP contribution >= 0.6 is 0 Å². The van der Waals surface area contributed by atoms with E-state index in [1.807, 2.05) is 0 Å². The van der Waals surface area contributed by atoms with Crippen molar-refractivity contribution in [3.05, 3.63) is 42.6 Å². The van der Waals surface area contributed by atoms with Crippen LogP contribution in [0.5, 0.6) is 0 Å². The van der Waals surface area contributed by atoms with Gasteiger partial charge in [0.1, 0.15) is 5.69 Å². The maximum atomic E-state index is 12.5. The summed E-state index contributed by atoms with van der Waals surface area (Å²) in [6.07, 6.45) is 5.54. The molecule has 1 fully saturated rings. The number of aromatic nitrogens is 3. The van der Waals surface area contributed by atoms with Gasteiger partial charge in [0.2, 0.25) is 0 Å². The molecule has 2 aromatic rings. The first-order valence-electron chi connectivity index (χ1n) is 7.42. The molecule has 0 radical (unpaired) electrons. The zero-order valence-electron chi connectivity index (χ0n) is 12.8. The Morgan fingerprint density at radius 3 is 2.52 bits per heavy atom. The fourth-order valence-electron chi connectivity index (χ4n) is 2.73. The first-order valence-corrected chi connectivity index (χ1v) is 8.86. The van der Waals surface area contributed by atoms with Gasteiger partial charge in [0.05, 0.1) is 6.33 Å². The molecular weight excluding hydrogens is 316 g/mol. The minimum absolute atomic E-state index is 0.0134. The standard InChI is InChI=1S/C15H18N4O3S/c1-18-10-14(17-11-18)23(21,22)19-8-5-12(6-9-19)15(20)13-4-2-3-7-16-13/h2-4,7,10-12H,5-6,8-9H2,1H3. The number of aryl methyl sites for hydroxylation is 1. The number of ketones is 1. The van der Waals surface area contributed by atoms with E-state index in [9.17, 15) is 13.2 Å². The van der Waals surface area contributed by atoms with Crippen molar-refractivity contribution in [3.8, 4) is 0 Å². The van der Waals surface area contributed by atoms with Crippen molar-refractivity contribution in [3.63, 3.8) is 0 Å². The molecule has 1 saturated heterocycles. The maximum Gasteiger partial charge on any atom is 0.262 e. The van der Waals surface area contributed by atoms with Gasteiger partial charge in [-0.15, -0.1) is 0 Å². The third-order valence-electron chi connectivity index (χ3n) is 4.03. The van der Waals surface area contributed by atoms with Crippen LogP contribution in [0, 0.1) is 5.92 Å². The summed E-state index contributed by atoms with van der Waals surface area (Å²) >= 11 is 0. The molecule has 0 aliphatic carbocycles. The summed E-state index contributed by atoms with van der Waals surface area (Å²) in [5.74, 6) is -0.194. The van der Waals surface area contributed by atoms with Crippen LogP contribution in [-0.2, 0) is 17.1 Å². The van der Waals surface area contributed by atoms with Gasteiger partial charge >= 0.3 is 0 Å². The number of nitrogens with zero attached hydrogens (tertiary/aromatic N) is 4.